The van der Waals surface area contributed by atoms with Gasteiger partial charge in [-0.2, -0.15) is 0 Å². The molecule has 2 rings (SSSR count). The lowest BCUT2D eigenvalue weighted by molar-refractivity contribution is 0.186. The van der Waals surface area contributed by atoms with E-state index in [1.807, 2.05) is 18.5 Å². The average Bonchev–Trinajstić information content (AvgIpc) is 2.44. The summed E-state index contributed by atoms with van der Waals surface area (Å²) in [7, 11) is 1.94. The first-order valence-corrected chi connectivity index (χ1v) is 5.12. The predicted octanol–water partition coefficient (Wildman–Crippen LogP) is 2.24. The zero-order valence-corrected chi connectivity index (χ0v) is 9.57. The Labute approximate surface area is 89.4 Å². The van der Waals surface area contributed by atoms with Crippen molar-refractivity contribution in [2.75, 3.05) is 0 Å². The van der Waals surface area contributed by atoms with Crippen molar-refractivity contribution in [1.82, 2.24) is 9.55 Å². The van der Waals surface area contributed by atoms with Gasteiger partial charge >= 0.3 is 0 Å². The average molecular weight is 204 g/mol. The largest absolute Gasteiger partial charge is 0.385 e. The summed E-state index contributed by atoms with van der Waals surface area (Å²) < 4.78 is 1.96. The lowest BCUT2D eigenvalue weighted by Crippen LogP contribution is -2.01. The van der Waals surface area contributed by atoms with E-state index in [0.29, 0.717) is 0 Å². The number of hydrogen-bond donors (Lipinski definition) is 1. The Bertz CT molecular complexity index is 512. The molecule has 1 aromatic carbocycles. The fourth-order valence-corrected chi connectivity index (χ4v) is 2.03. The lowest BCUT2D eigenvalue weighted by atomic mass is 10.1. The summed E-state index contributed by atoms with van der Waals surface area (Å²) in [6.45, 7) is 5.86. The Kier molecular flexibility index (Phi) is 2.27. The highest BCUT2D eigenvalue weighted by atomic mass is 16.3. The van der Waals surface area contributed by atoms with Crippen LogP contribution in [-0.4, -0.2) is 14.7 Å². The smallest absolute Gasteiger partial charge is 0.138 e. The van der Waals surface area contributed by atoms with Crippen LogP contribution in [0.2, 0.25) is 0 Å². The third kappa shape index (κ3) is 1.53. The van der Waals surface area contributed by atoms with Gasteiger partial charge in [0.2, 0.25) is 0 Å². The molecule has 1 heterocycles. The number of aromatic nitrogens is 2. The van der Waals surface area contributed by atoms with Gasteiger partial charge in [-0.1, -0.05) is 6.07 Å². The molecule has 1 atom stereocenters. The number of nitrogens with zero attached hydrogens (tertiary/aromatic N) is 2. The highest BCUT2D eigenvalue weighted by Crippen LogP contribution is 2.23. The van der Waals surface area contributed by atoms with Crippen LogP contribution in [0.5, 0.6) is 0 Å². The fraction of sp³-hybridized carbons (Fsp3) is 0.417. The number of rotatable bonds is 1. The van der Waals surface area contributed by atoms with Crippen LogP contribution in [0, 0.1) is 13.8 Å². The maximum atomic E-state index is 9.58. The van der Waals surface area contributed by atoms with Crippen molar-refractivity contribution in [1.29, 1.82) is 0 Å². The summed E-state index contributed by atoms with van der Waals surface area (Å²) in [5.74, 6) is 0.721. The van der Waals surface area contributed by atoms with Crippen LogP contribution in [0.15, 0.2) is 12.1 Å². The summed E-state index contributed by atoms with van der Waals surface area (Å²) >= 11 is 0. The molecule has 0 saturated carbocycles. The van der Waals surface area contributed by atoms with E-state index >= 15 is 0 Å². The normalized spacial score (nSPS) is 13.4. The van der Waals surface area contributed by atoms with E-state index in [2.05, 4.69) is 24.0 Å². The van der Waals surface area contributed by atoms with Gasteiger partial charge in [0.25, 0.3) is 0 Å². The van der Waals surface area contributed by atoms with Gasteiger partial charge < -0.3 is 9.67 Å². The van der Waals surface area contributed by atoms with Gasteiger partial charge in [-0.05, 0) is 38.0 Å². The summed E-state index contributed by atoms with van der Waals surface area (Å²) in [6, 6.07) is 4.21. The molecule has 0 spiro atoms. The Hall–Kier alpha value is -1.35. The molecule has 0 bridgehead atoms. The number of fused-ring (bicyclic) bond motifs is 1. The van der Waals surface area contributed by atoms with Crippen LogP contribution in [-0.2, 0) is 7.05 Å². The molecule has 0 radical (unpaired) electrons. The molecule has 1 unspecified atom stereocenters. The number of aliphatic hydroxyl groups excluding tert-OH is 1. The maximum absolute atomic E-state index is 9.58. The monoisotopic (exact) mass is 204 g/mol. The number of benzene rings is 1. The third-order valence-electron chi connectivity index (χ3n) is 2.73. The predicted molar refractivity (Wildman–Crippen MR) is 60.8 cm³/mol. The minimum Gasteiger partial charge on any atom is -0.385 e. The molecular weight excluding hydrogens is 188 g/mol. The molecule has 0 fully saturated rings. The zero-order valence-electron chi connectivity index (χ0n) is 9.57. The summed E-state index contributed by atoms with van der Waals surface area (Å²) in [5, 5.41) is 9.58. The number of aryl methyl sites for hydroxylation is 3. The van der Waals surface area contributed by atoms with Crippen LogP contribution in [0.4, 0.5) is 0 Å². The molecule has 0 aliphatic heterocycles. The molecule has 0 aliphatic carbocycles. The quantitative estimate of drug-likeness (QED) is 0.773. The van der Waals surface area contributed by atoms with Crippen molar-refractivity contribution in [2.24, 2.45) is 7.05 Å². The van der Waals surface area contributed by atoms with E-state index < -0.39 is 6.10 Å². The molecule has 0 saturated heterocycles. The van der Waals surface area contributed by atoms with Gasteiger partial charge in [0.05, 0.1) is 11.0 Å². The second-order valence-electron chi connectivity index (χ2n) is 4.15. The minimum atomic E-state index is -0.526. The molecule has 1 N–H and O–H groups in total. The summed E-state index contributed by atoms with van der Waals surface area (Å²) in [5.41, 5.74) is 4.45. The number of imidazole rings is 1. The van der Waals surface area contributed by atoms with Crippen LogP contribution in [0.1, 0.15) is 30.0 Å². The van der Waals surface area contributed by atoms with Gasteiger partial charge in [0, 0.05) is 7.05 Å². The van der Waals surface area contributed by atoms with Crippen molar-refractivity contribution in [3.8, 4) is 0 Å². The van der Waals surface area contributed by atoms with Gasteiger partial charge in [-0.15, -0.1) is 0 Å². The Morgan fingerprint density at radius 3 is 2.60 bits per heavy atom. The third-order valence-corrected chi connectivity index (χ3v) is 2.73. The molecule has 80 valence electrons. The van der Waals surface area contributed by atoms with Crippen molar-refractivity contribution in [3.63, 3.8) is 0 Å². The topological polar surface area (TPSA) is 38.1 Å². The van der Waals surface area contributed by atoms with Crippen LogP contribution < -0.4 is 0 Å². The Morgan fingerprint density at radius 2 is 2.00 bits per heavy atom. The van der Waals surface area contributed by atoms with E-state index in [-0.39, 0.29) is 0 Å². The second kappa shape index (κ2) is 3.35. The van der Waals surface area contributed by atoms with Crippen molar-refractivity contribution in [3.05, 3.63) is 29.1 Å². The van der Waals surface area contributed by atoms with E-state index in [0.717, 1.165) is 22.4 Å². The second-order valence-corrected chi connectivity index (χ2v) is 4.15. The highest BCUT2D eigenvalue weighted by Gasteiger charge is 2.13. The fourth-order valence-electron chi connectivity index (χ4n) is 2.03. The first-order valence-electron chi connectivity index (χ1n) is 5.12. The van der Waals surface area contributed by atoms with E-state index in [1.54, 1.807) is 6.92 Å². The van der Waals surface area contributed by atoms with Gasteiger partial charge in [-0.3, -0.25) is 0 Å². The first-order chi connectivity index (χ1) is 7.00. The zero-order chi connectivity index (χ0) is 11.2. The Balaban J connectivity index is 2.82. The first kappa shape index (κ1) is 10.2. The maximum Gasteiger partial charge on any atom is 0.138 e. The Morgan fingerprint density at radius 1 is 1.33 bits per heavy atom. The standard InChI is InChI=1S/C12H16N2O/c1-7-5-8(2)11-10(6-7)14(4)12(13-11)9(3)15/h5-6,9,15H,1-4H3. The molecule has 0 amide bonds. The molecule has 15 heavy (non-hydrogen) atoms. The van der Waals surface area contributed by atoms with Gasteiger partial charge in [-0.25, -0.2) is 4.98 Å². The van der Waals surface area contributed by atoms with E-state index in [1.165, 1.54) is 5.56 Å². The van der Waals surface area contributed by atoms with Crippen LogP contribution in [0.25, 0.3) is 11.0 Å². The van der Waals surface area contributed by atoms with Crippen molar-refractivity contribution < 1.29 is 5.11 Å². The molecular formula is C12H16N2O. The highest BCUT2D eigenvalue weighted by molar-refractivity contribution is 5.80. The minimum absolute atomic E-state index is 0.526. The summed E-state index contributed by atoms with van der Waals surface area (Å²) in [6.07, 6.45) is -0.526. The van der Waals surface area contributed by atoms with Gasteiger partial charge in [0.15, 0.2) is 0 Å². The van der Waals surface area contributed by atoms with Crippen LogP contribution in [0.3, 0.4) is 0 Å². The van der Waals surface area contributed by atoms with Crippen LogP contribution >= 0.6 is 0 Å². The van der Waals surface area contributed by atoms with E-state index in [4.69, 9.17) is 0 Å². The van der Waals surface area contributed by atoms with Gasteiger partial charge in [0.1, 0.15) is 11.9 Å². The summed E-state index contributed by atoms with van der Waals surface area (Å²) in [4.78, 5) is 4.47. The SMILES string of the molecule is Cc1cc(C)c2nc(C(C)O)n(C)c2c1. The number of aliphatic hydroxyl groups is 1. The number of hydrogen-bond acceptors (Lipinski definition) is 2. The lowest BCUT2D eigenvalue weighted by Gasteiger charge is -2.04. The van der Waals surface area contributed by atoms with E-state index in [9.17, 15) is 5.11 Å². The van der Waals surface area contributed by atoms with Crippen molar-refractivity contribution in [2.45, 2.75) is 26.9 Å². The van der Waals surface area contributed by atoms with Crippen molar-refractivity contribution >= 4 is 11.0 Å². The molecule has 3 heteroatoms. The molecule has 1 aromatic heterocycles. The molecule has 2 aromatic rings. The molecule has 0 aliphatic rings. The molecule has 3 nitrogen and oxygen atoms in total.